The molecule has 1 heterocycles. The second-order valence-electron chi connectivity index (χ2n) is 6.33. The Balaban J connectivity index is 1.75. The minimum Gasteiger partial charge on any atom is -0.481 e. The van der Waals surface area contributed by atoms with Crippen molar-refractivity contribution in [1.82, 2.24) is 15.1 Å². The van der Waals surface area contributed by atoms with Crippen LogP contribution in [0, 0.1) is 0 Å². The third-order valence-corrected chi connectivity index (χ3v) is 4.43. The van der Waals surface area contributed by atoms with Crippen LogP contribution in [-0.4, -0.2) is 32.3 Å². The highest BCUT2D eigenvalue weighted by Gasteiger charge is 2.40. The lowest BCUT2D eigenvalue weighted by Gasteiger charge is -2.41. The predicted molar refractivity (Wildman–Crippen MR) is 90.9 cm³/mol. The van der Waals surface area contributed by atoms with E-state index in [0.717, 1.165) is 16.7 Å². The number of aromatic nitrogens is 2. The Morgan fingerprint density at radius 2 is 1.88 bits per heavy atom. The Morgan fingerprint density at radius 1 is 1.16 bits per heavy atom. The summed E-state index contributed by atoms with van der Waals surface area (Å²) >= 11 is 0. The van der Waals surface area contributed by atoms with E-state index in [1.807, 2.05) is 30.3 Å². The number of hydrogen-bond acceptors (Lipinski definition) is 4. The van der Waals surface area contributed by atoms with Crippen molar-refractivity contribution in [2.75, 3.05) is 0 Å². The Kier molecular flexibility index (Phi) is 4.65. The van der Waals surface area contributed by atoms with E-state index in [1.165, 1.54) is 6.07 Å². The van der Waals surface area contributed by atoms with Crippen LogP contribution in [0.15, 0.2) is 47.3 Å². The van der Waals surface area contributed by atoms with Gasteiger partial charge in [0, 0.05) is 11.6 Å². The molecule has 0 aliphatic heterocycles. The molecule has 0 saturated heterocycles. The fourth-order valence-corrected chi connectivity index (χ4v) is 3.04. The first-order chi connectivity index (χ1) is 12.0. The first-order valence-corrected chi connectivity index (χ1v) is 8.14. The third-order valence-electron chi connectivity index (χ3n) is 4.43. The van der Waals surface area contributed by atoms with Crippen molar-refractivity contribution in [1.29, 1.82) is 0 Å². The van der Waals surface area contributed by atoms with E-state index >= 15 is 0 Å². The van der Waals surface area contributed by atoms with E-state index in [9.17, 15) is 14.4 Å². The summed E-state index contributed by atoms with van der Waals surface area (Å²) in [6.07, 6.45) is 2.05. The van der Waals surface area contributed by atoms with E-state index in [0.29, 0.717) is 18.5 Å². The summed E-state index contributed by atoms with van der Waals surface area (Å²) in [7, 11) is 0. The van der Waals surface area contributed by atoms with Gasteiger partial charge in [-0.3, -0.25) is 14.4 Å². The maximum Gasteiger partial charge on any atom is 0.305 e. The number of rotatable bonds is 6. The summed E-state index contributed by atoms with van der Waals surface area (Å²) in [6.45, 7) is -0.235. The van der Waals surface area contributed by atoms with Gasteiger partial charge in [-0.1, -0.05) is 30.3 Å². The standard InChI is InChI=1S/C18H19N3O4/c22-15(19-18(9-4-10-18)11-17(24)25)12-21-16(23)8-7-14(20-21)13-5-2-1-3-6-13/h1-3,5-8H,4,9-12H2,(H,19,22)(H,24,25). The smallest absolute Gasteiger partial charge is 0.305 e. The molecule has 25 heavy (non-hydrogen) atoms. The van der Waals surface area contributed by atoms with Gasteiger partial charge in [-0.15, -0.1) is 0 Å². The topological polar surface area (TPSA) is 101 Å². The average molecular weight is 341 g/mol. The molecule has 1 aromatic heterocycles. The van der Waals surface area contributed by atoms with Crippen LogP contribution in [0.1, 0.15) is 25.7 Å². The van der Waals surface area contributed by atoms with Gasteiger partial charge in [0.25, 0.3) is 5.56 Å². The highest BCUT2D eigenvalue weighted by atomic mass is 16.4. The highest BCUT2D eigenvalue weighted by molar-refractivity contribution is 5.78. The van der Waals surface area contributed by atoms with Gasteiger partial charge < -0.3 is 10.4 Å². The monoisotopic (exact) mass is 341 g/mol. The molecule has 0 spiro atoms. The first kappa shape index (κ1) is 16.9. The van der Waals surface area contributed by atoms with Gasteiger partial charge >= 0.3 is 5.97 Å². The van der Waals surface area contributed by atoms with Crippen molar-refractivity contribution in [2.24, 2.45) is 0 Å². The minimum atomic E-state index is -0.943. The quantitative estimate of drug-likeness (QED) is 0.827. The Hall–Kier alpha value is -2.96. The largest absolute Gasteiger partial charge is 0.481 e. The van der Waals surface area contributed by atoms with Crippen LogP contribution in [0.25, 0.3) is 11.3 Å². The first-order valence-electron chi connectivity index (χ1n) is 8.14. The van der Waals surface area contributed by atoms with E-state index in [1.54, 1.807) is 6.07 Å². The molecule has 0 radical (unpaired) electrons. The van der Waals surface area contributed by atoms with Crippen molar-refractivity contribution < 1.29 is 14.7 Å². The number of carboxylic acids is 1. The average Bonchev–Trinajstić information content (AvgIpc) is 2.55. The molecule has 0 unspecified atom stereocenters. The Morgan fingerprint density at radius 3 is 2.48 bits per heavy atom. The minimum absolute atomic E-state index is 0.106. The molecule has 1 aromatic carbocycles. The number of hydrogen-bond donors (Lipinski definition) is 2. The third kappa shape index (κ3) is 3.93. The normalized spacial score (nSPS) is 15.2. The van der Waals surface area contributed by atoms with E-state index in [4.69, 9.17) is 5.11 Å². The van der Waals surface area contributed by atoms with Crippen LogP contribution in [-0.2, 0) is 16.1 Å². The molecule has 1 aliphatic rings. The fourth-order valence-electron chi connectivity index (χ4n) is 3.04. The summed E-state index contributed by atoms with van der Waals surface area (Å²) in [4.78, 5) is 35.3. The lowest BCUT2D eigenvalue weighted by atomic mass is 9.74. The van der Waals surface area contributed by atoms with E-state index < -0.39 is 17.4 Å². The number of carbonyl (C=O) groups excluding carboxylic acids is 1. The van der Waals surface area contributed by atoms with Crippen molar-refractivity contribution in [3.05, 3.63) is 52.8 Å². The molecule has 0 bridgehead atoms. The van der Waals surface area contributed by atoms with Crippen molar-refractivity contribution in [3.63, 3.8) is 0 Å². The maximum absolute atomic E-state index is 12.3. The molecule has 2 N–H and O–H groups in total. The second-order valence-corrected chi connectivity index (χ2v) is 6.33. The molecule has 130 valence electrons. The van der Waals surface area contributed by atoms with Crippen LogP contribution >= 0.6 is 0 Å². The predicted octanol–water partition coefficient (Wildman–Crippen LogP) is 1.42. The summed E-state index contributed by atoms with van der Waals surface area (Å²) in [6, 6.07) is 12.3. The van der Waals surface area contributed by atoms with Gasteiger partial charge in [0.15, 0.2) is 0 Å². The molecule has 1 saturated carbocycles. The van der Waals surface area contributed by atoms with Crippen molar-refractivity contribution in [3.8, 4) is 11.3 Å². The van der Waals surface area contributed by atoms with Crippen molar-refractivity contribution in [2.45, 2.75) is 37.8 Å². The maximum atomic E-state index is 12.3. The molecule has 1 aliphatic carbocycles. The number of amides is 1. The SMILES string of the molecule is O=C(O)CC1(NC(=O)Cn2nc(-c3ccccc3)ccc2=O)CCC1. The molecule has 1 amide bonds. The number of benzene rings is 1. The van der Waals surface area contributed by atoms with Crippen LogP contribution in [0.4, 0.5) is 0 Å². The zero-order valence-corrected chi connectivity index (χ0v) is 13.6. The number of carboxylic acid groups (broad SMARTS) is 1. The summed E-state index contributed by atoms with van der Waals surface area (Å²) in [5, 5.41) is 16.0. The fraction of sp³-hybridized carbons (Fsp3) is 0.333. The number of carbonyl (C=O) groups is 2. The van der Waals surface area contributed by atoms with E-state index in [-0.39, 0.29) is 18.5 Å². The van der Waals surface area contributed by atoms with Crippen LogP contribution in [0.5, 0.6) is 0 Å². The van der Waals surface area contributed by atoms with Gasteiger partial charge in [-0.2, -0.15) is 5.10 Å². The molecular formula is C18H19N3O4. The zero-order valence-electron chi connectivity index (χ0n) is 13.6. The molecule has 7 heteroatoms. The lowest BCUT2D eigenvalue weighted by molar-refractivity contribution is -0.140. The van der Waals surface area contributed by atoms with Gasteiger partial charge in [0.05, 0.1) is 17.7 Å². The molecule has 3 rings (SSSR count). The highest BCUT2D eigenvalue weighted by Crippen LogP contribution is 2.34. The van der Waals surface area contributed by atoms with Crippen LogP contribution in [0.3, 0.4) is 0 Å². The van der Waals surface area contributed by atoms with Gasteiger partial charge in [-0.25, -0.2) is 4.68 Å². The Bertz CT molecular complexity index is 841. The van der Waals surface area contributed by atoms with Gasteiger partial charge in [0.1, 0.15) is 6.54 Å². The van der Waals surface area contributed by atoms with E-state index in [2.05, 4.69) is 10.4 Å². The second kappa shape index (κ2) is 6.88. The molecule has 0 atom stereocenters. The summed E-state index contributed by atoms with van der Waals surface area (Å²) < 4.78 is 1.10. The van der Waals surface area contributed by atoms with Crippen LogP contribution < -0.4 is 10.9 Å². The zero-order chi connectivity index (χ0) is 17.9. The number of nitrogens with one attached hydrogen (secondary N) is 1. The molecule has 1 fully saturated rings. The summed E-state index contributed by atoms with van der Waals surface area (Å²) in [5.41, 5.74) is 0.370. The van der Waals surface area contributed by atoms with Gasteiger partial charge in [0.2, 0.25) is 5.91 Å². The molecule has 2 aromatic rings. The Labute approximate surface area is 144 Å². The van der Waals surface area contributed by atoms with Gasteiger partial charge in [-0.05, 0) is 25.3 Å². The summed E-state index contributed by atoms with van der Waals surface area (Å²) in [5.74, 6) is -1.35. The van der Waals surface area contributed by atoms with Crippen molar-refractivity contribution >= 4 is 11.9 Å². The number of nitrogens with zero attached hydrogens (tertiary/aromatic N) is 2. The molecule has 7 nitrogen and oxygen atoms in total. The lowest BCUT2D eigenvalue weighted by Crippen LogP contribution is -2.55. The van der Waals surface area contributed by atoms with Crippen LogP contribution in [0.2, 0.25) is 0 Å². The molecular weight excluding hydrogens is 322 g/mol. The number of aliphatic carboxylic acids is 1.